The zero-order chi connectivity index (χ0) is 13.7. The minimum atomic E-state index is 0.315. The van der Waals surface area contributed by atoms with Crippen molar-refractivity contribution in [2.45, 2.75) is 39.0 Å². The van der Waals surface area contributed by atoms with Crippen LogP contribution >= 0.6 is 0 Å². The molecule has 1 heterocycles. The van der Waals surface area contributed by atoms with Gasteiger partial charge in [0.25, 0.3) is 0 Å². The Morgan fingerprint density at radius 1 is 1.42 bits per heavy atom. The van der Waals surface area contributed by atoms with Gasteiger partial charge >= 0.3 is 0 Å². The summed E-state index contributed by atoms with van der Waals surface area (Å²) in [4.78, 5) is 8.32. The van der Waals surface area contributed by atoms with Crippen molar-refractivity contribution in [3.8, 4) is 0 Å². The zero-order valence-electron chi connectivity index (χ0n) is 11.9. The fourth-order valence-corrected chi connectivity index (χ4v) is 2.03. The van der Waals surface area contributed by atoms with Gasteiger partial charge in [-0.3, -0.25) is 0 Å². The van der Waals surface area contributed by atoms with Crippen LogP contribution in [0.2, 0.25) is 0 Å². The van der Waals surface area contributed by atoms with E-state index in [0.717, 1.165) is 43.5 Å². The molecule has 1 aliphatic rings. The maximum Gasteiger partial charge on any atom is 0.134 e. The van der Waals surface area contributed by atoms with Crippen molar-refractivity contribution in [2.75, 3.05) is 30.8 Å². The molecular formula is C14H24N4O. The molecule has 5 heteroatoms. The minimum absolute atomic E-state index is 0.315. The van der Waals surface area contributed by atoms with Gasteiger partial charge in [-0.25, -0.2) is 9.97 Å². The SMILES string of the molecule is CC(C)c1c(N)ncnc1NCCCOCC1CC1. The van der Waals surface area contributed by atoms with E-state index in [-0.39, 0.29) is 0 Å². The average Bonchev–Trinajstić information content (AvgIpc) is 3.17. The Bertz CT molecular complexity index is 404. The second-order valence-electron chi connectivity index (χ2n) is 5.47. The number of aromatic nitrogens is 2. The Morgan fingerprint density at radius 3 is 2.89 bits per heavy atom. The first-order valence-electron chi connectivity index (χ1n) is 7.10. The highest BCUT2D eigenvalue weighted by molar-refractivity contribution is 5.56. The molecule has 0 radical (unpaired) electrons. The number of anilines is 2. The summed E-state index contributed by atoms with van der Waals surface area (Å²) in [5.74, 6) is 2.57. The van der Waals surface area contributed by atoms with Crippen molar-refractivity contribution in [1.82, 2.24) is 9.97 Å². The molecular weight excluding hydrogens is 240 g/mol. The first-order chi connectivity index (χ1) is 9.18. The van der Waals surface area contributed by atoms with Gasteiger partial charge in [0.05, 0.1) is 0 Å². The predicted octanol–water partition coefficient (Wildman–Crippen LogP) is 2.41. The van der Waals surface area contributed by atoms with E-state index in [1.807, 2.05) is 0 Å². The Labute approximate surface area is 115 Å². The second-order valence-corrected chi connectivity index (χ2v) is 5.47. The van der Waals surface area contributed by atoms with Crippen LogP contribution in [-0.4, -0.2) is 29.7 Å². The third-order valence-electron chi connectivity index (χ3n) is 3.30. The summed E-state index contributed by atoms with van der Waals surface area (Å²) in [6, 6.07) is 0. The molecule has 0 spiro atoms. The third-order valence-corrected chi connectivity index (χ3v) is 3.30. The lowest BCUT2D eigenvalue weighted by Gasteiger charge is -2.14. The fourth-order valence-electron chi connectivity index (χ4n) is 2.03. The monoisotopic (exact) mass is 264 g/mol. The standard InChI is InChI=1S/C14H24N4O/c1-10(2)12-13(15)17-9-18-14(12)16-6-3-7-19-8-11-4-5-11/h9-11H,3-8H2,1-2H3,(H3,15,16,17,18). The van der Waals surface area contributed by atoms with Crippen molar-refractivity contribution < 1.29 is 4.74 Å². The number of hydrogen-bond acceptors (Lipinski definition) is 5. The maximum absolute atomic E-state index is 5.90. The van der Waals surface area contributed by atoms with Gasteiger partial charge in [-0.2, -0.15) is 0 Å². The summed E-state index contributed by atoms with van der Waals surface area (Å²) in [5.41, 5.74) is 6.90. The number of nitrogens with one attached hydrogen (secondary N) is 1. The highest BCUT2D eigenvalue weighted by Gasteiger charge is 2.20. The Morgan fingerprint density at radius 2 is 2.21 bits per heavy atom. The Hall–Kier alpha value is -1.36. The molecule has 106 valence electrons. The van der Waals surface area contributed by atoms with Crippen LogP contribution < -0.4 is 11.1 Å². The van der Waals surface area contributed by atoms with Crippen molar-refractivity contribution in [2.24, 2.45) is 5.92 Å². The van der Waals surface area contributed by atoms with E-state index < -0.39 is 0 Å². The lowest BCUT2D eigenvalue weighted by molar-refractivity contribution is 0.124. The summed E-state index contributed by atoms with van der Waals surface area (Å²) >= 11 is 0. The van der Waals surface area contributed by atoms with Crippen LogP contribution in [0.3, 0.4) is 0 Å². The van der Waals surface area contributed by atoms with Gasteiger partial charge in [-0.15, -0.1) is 0 Å². The van der Waals surface area contributed by atoms with E-state index >= 15 is 0 Å². The molecule has 0 unspecified atom stereocenters. The third kappa shape index (κ3) is 4.35. The van der Waals surface area contributed by atoms with E-state index in [1.165, 1.54) is 19.2 Å². The van der Waals surface area contributed by atoms with E-state index in [2.05, 4.69) is 29.1 Å². The molecule has 3 N–H and O–H groups in total. The number of ether oxygens (including phenoxy) is 1. The van der Waals surface area contributed by atoms with Crippen LogP contribution in [0, 0.1) is 5.92 Å². The van der Waals surface area contributed by atoms with Crippen LogP contribution in [0.1, 0.15) is 44.6 Å². The Kier molecular flexibility index (Phi) is 4.96. The summed E-state index contributed by atoms with van der Waals surface area (Å²) in [5, 5.41) is 3.33. The van der Waals surface area contributed by atoms with Gasteiger partial charge < -0.3 is 15.8 Å². The van der Waals surface area contributed by atoms with Crippen molar-refractivity contribution >= 4 is 11.6 Å². The van der Waals surface area contributed by atoms with Crippen molar-refractivity contribution in [3.05, 3.63) is 11.9 Å². The van der Waals surface area contributed by atoms with E-state index in [4.69, 9.17) is 10.5 Å². The minimum Gasteiger partial charge on any atom is -0.383 e. The molecule has 1 aliphatic carbocycles. The van der Waals surface area contributed by atoms with Gasteiger partial charge in [0.2, 0.25) is 0 Å². The first kappa shape index (κ1) is 14.1. The molecule has 5 nitrogen and oxygen atoms in total. The molecule has 1 saturated carbocycles. The van der Waals surface area contributed by atoms with Crippen LogP contribution in [0.15, 0.2) is 6.33 Å². The predicted molar refractivity (Wildman–Crippen MR) is 77.2 cm³/mol. The molecule has 2 rings (SSSR count). The maximum atomic E-state index is 5.90. The van der Waals surface area contributed by atoms with Crippen LogP contribution in [0.4, 0.5) is 11.6 Å². The number of nitrogen functional groups attached to an aromatic ring is 1. The topological polar surface area (TPSA) is 73.1 Å². The molecule has 0 saturated heterocycles. The quantitative estimate of drug-likeness (QED) is 0.705. The second kappa shape index (κ2) is 6.70. The summed E-state index contributed by atoms with van der Waals surface area (Å²) in [7, 11) is 0. The summed E-state index contributed by atoms with van der Waals surface area (Å²) < 4.78 is 5.60. The first-order valence-corrected chi connectivity index (χ1v) is 7.10. The normalized spacial score (nSPS) is 14.9. The lowest BCUT2D eigenvalue weighted by Crippen LogP contribution is -2.12. The number of nitrogens with zero attached hydrogens (tertiary/aromatic N) is 2. The van der Waals surface area contributed by atoms with Gasteiger partial charge in [-0.05, 0) is 31.1 Å². The van der Waals surface area contributed by atoms with E-state index in [0.29, 0.717) is 11.7 Å². The molecule has 0 atom stereocenters. The van der Waals surface area contributed by atoms with Crippen LogP contribution in [-0.2, 0) is 4.74 Å². The Balaban J connectivity index is 1.73. The molecule has 19 heavy (non-hydrogen) atoms. The molecule has 1 aromatic heterocycles. The highest BCUT2D eigenvalue weighted by atomic mass is 16.5. The largest absolute Gasteiger partial charge is 0.383 e. The molecule has 0 aromatic carbocycles. The summed E-state index contributed by atoms with van der Waals surface area (Å²) in [6.07, 6.45) is 5.17. The average molecular weight is 264 g/mol. The lowest BCUT2D eigenvalue weighted by atomic mass is 10.0. The molecule has 0 aliphatic heterocycles. The zero-order valence-corrected chi connectivity index (χ0v) is 11.9. The van der Waals surface area contributed by atoms with Crippen LogP contribution in [0.5, 0.6) is 0 Å². The van der Waals surface area contributed by atoms with Gasteiger partial charge in [0.1, 0.15) is 18.0 Å². The summed E-state index contributed by atoms with van der Waals surface area (Å²) in [6.45, 7) is 6.78. The molecule has 1 aromatic rings. The highest BCUT2D eigenvalue weighted by Crippen LogP contribution is 2.28. The van der Waals surface area contributed by atoms with E-state index in [9.17, 15) is 0 Å². The fraction of sp³-hybridized carbons (Fsp3) is 0.714. The molecule has 0 bridgehead atoms. The molecule has 0 amide bonds. The van der Waals surface area contributed by atoms with Gasteiger partial charge in [-0.1, -0.05) is 13.8 Å². The van der Waals surface area contributed by atoms with Gasteiger partial charge in [0.15, 0.2) is 0 Å². The van der Waals surface area contributed by atoms with Gasteiger partial charge in [0, 0.05) is 25.3 Å². The van der Waals surface area contributed by atoms with E-state index in [1.54, 1.807) is 0 Å². The van der Waals surface area contributed by atoms with Crippen LogP contribution in [0.25, 0.3) is 0 Å². The number of rotatable bonds is 8. The van der Waals surface area contributed by atoms with Crippen molar-refractivity contribution in [3.63, 3.8) is 0 Å². The smallest absolute Gasteiger partial charge is 0.134 e. The van der Waals surface area contributed by atoms with Crippen molar-refractivity contribution in [1.29, 1.82) is 0 Å². The number of nitrogens with two attached hydrogens (primary N) is 1. The number of hydrogen-bond donors (Lipinski definition) is 2. The molecule has 1 fully saturated rings.